The van der Waals surface area contributed by atoms with Gasteiger partial charge in [0.25, 0.3) is 0 Å². The molecule has 0 fully saturated rings. The minimum Gasteiger partial charge on any atom is -0.228 e. The van der Waals surface area contributed by atoms with E-state index in [-0.39, 0.29) is 5.41 Å². The number of fused-ring (bicyclic) bond motifs is 6. The summed E-state index contributed by atoms with van der Waals surface area (Å²) in [5.41, 5.74) is 16.0. The fraction of sp³-hybridized carbons (Fsp3) is 0.0370. The van der Waals surface area contributed by atoms with Gasteiger partial charge in [0, 0.05) is 42.3 Å². The van der Waals surface area contributed by atoms with E-state index in [0.29, 0.717) is 5.82 Å². The molecule has 3 heteroatoms. The summed E-state index contributed by atoms with van der Waals surface area (Å²) in [6.07, 6.45) is 0. The normalized spacial score (nSPS) is 12.8. The topological polar surface area (TPSA) is 25.8 Å². The van der Waals surface area contributed by atoms with E-state index in [9.17, 15) is 0 Å². The average Bonchev–Trinajstić information content (AvgIpc) is 3.79. The van der Waals surface area contributed by atoms with Crippen molar-refractivity contribution in [2.24, 2.45) is 0 Å². The van der Waals surface area contributed by atoms with Gasteiger partial charge in [0.2, 0.25) is 0 Å². The van der Waals surface area contributed by atoms with Gasteiger partial charge < -0.3 is 0 Å². The van der Waals surface area contributed by atoms with Gasteiger partial charge in [-0.1, -0.05) is 164 Å². The SMILES string of the molecule is CC1(c2cccc(-c3cccc(-c4cc(-c5ccc(-c6ccc7sc8ccccc8c7c6)cc5)nc(-c5ccccc5)n4)c3)c2)c2ccccc2-c2ccccc21. The van der Waals surface area contributed by atoms with Crippen molar-refractivity contribution < 1.29 is 0 Å². The van der Waals surface area contributed by atoms with Gasteiger partial charge >= 0.3 is 0 Å². The van der Waals surface area contributed by atoms with Crippen LogP contribution in [0, 0.1) is 0 Å². The van der Waals surface area contributed by atoms with E-state index >= 15 is 0 Å². The predicted octanol–water partition coefficient (Wildman–Crippen LogP) is 14.5. The van der Waals surface area contributed by atoms with Crippen LogP contribution in [0.2, 0.25) is 0 Å². The second kappa shape index (κ2) is 13.4. The molecule has 0 N–H and O–H groups in total. The lowest BCUT2D eigenvalue weighted by molar-refractivity contribution is 0.714. The summed E-state index contributed by atoms with van der Waals surface area (Å²) in [5.74, 6) is 0.709. The molecule has 0 saturated carbocycles. The smallest absolute Gasteiger partial charge is 0.160 e. The highest BCUT2D eigenvalue weighted by Gasteiger charge is 2.40. The fourth-order valence-corrected chi connectivity index (χ4v) is 9.92. The number of hydrogen-bond donors (Lipinski definition) is 0. The Morgan fingerprint density at radius 3 is 1.68 bits per heavy atom. The highest BCUT2D eigenvalue weighted by Crippen LogP contribution is 2.52. The molecule has 0 unspecified atom stereocenters. The van der Waals surface area contributed by atoms with Gasteiger partial charge in [-0.05, 0) is 93.4 Å². The first kappa shape index (κ1) is 33.4. The minimum absolute atomic E-state index is 0.256. The zero-order valence-electron chi connectivity index (χ0n) is 31.4. The molecule has 1 aliphatic carbocycles. The van der Waals surface area contributed by atoms with E-state index in [0.717, 1.165) is 33.6 Å². The third kappa shape index (κ3) is 5.62. The van der Waals surface area contributed by atoms with Crippen molar-refractivity contribution in [2.75, 3.05) is 0 Å². The van der Waals surface area contributed by atoms with E-state index < -0.39 is 0 Å². The molecule has 0 bridgehead atoms. The summed E-state index contributed by atoms with van der Waals surface area (Å²) in [4.78, 5) is 10.3. The predicted molar refractivity (Wildman–Crippen MR) is 240 cm³/mol. The molecular weight excluding hydrogens is 709 g/mol. The number of nitrogens with zero attached hydrogens (tertiary/aromatic N) is 2. The monoisotopic (exact) mass is 744 g/mol. The Kier molecular flexibility index (Phi) is 7.84. The summed E-state index contributed by atoms with van der Waals surface area (Å²) in [7, 11) is 0. The number of benzene rings is 8. The number of rotatable bonds is 6. The first-order valence-electron chi connectivity index (χ1n) is 19.5. The molecule has 57 heavy (non-hydrogen) atoms. The summed E-state index contributed by atoms with van der Waals surface area (Å²) in [6, 6.07) is 72.3. The molecule has 2 heterocycles. The molecule has 1 aliphatic rings. The Hall–Kier alpha value is -6.94. The van der Waals surface area contributed by atoms with Crippen LogP contribution < -0.4 is 0 Å². The van der Waals surface area contributed by atoms with Gasteiger partial charge in [-0.25, -0.2) is 9.97 Å². The Morgan fingerprint density at radius 2 is 0.912 bits per heavy atom. The van der Waals surface area contributed by atoms with Crippen LogP contribution in [0.15, 0.2) is 200 Å². The maximum Gasteiger partial charge on any atom is 0.160 e. The molecule has 0 radical (unpaired) electrons. The van der Waals surface area contributed by atoms with E-state index in [4.69, 9.17) is 9.97 Å². The van der Waals surface area contributed by atoms with Crippen molar-refractivity contribution in [3.63, 3.8) is 0 Å². The molecule has 0 atom stereocenters. The number of hydrogen-bond acceptors (Lipinski definition) is 3. The Bertz CT molecular complexity index is 3090. The first-order chi connectivity index (χ1) is 28.1. The van der Waals surface area contributed by atoms with E-state index in [2.05, 4.69) is 189 Å². The molecular formula is C54H36N2S. The van der Waals surface area contributed by atoms with Gasteiger partial charge in [0.15, 0.2) is 5.82 Å². The molecule has 11 rings (SSSR count). The molecule has 2 aromatic heterocycles. The average molecular weight is 745 g/mol. The van der Waals surface area contributed by atoms with Crippen LogP contribution in [0.3, 0.4) is 0 Å². The Balaban J connectivity index is 0.972. The maximum atomic E-state index is 5.18. The van der Waals surface area contributed by atoms with Crippen LogP contribution in [0.5, 0.6) is 0 Å². The van der Waals surface area contributed by atoms with Crippen LogP contribution in [-0.2, 0) is 5.41 Å². The lowest BCUT2D eigenvalue weighted by Gasteiger charge is -2.28. The lowest BCUT2D eigenvalue weighted by atomic mass is 9.74. The van der Waals surface area contributed by atoms with E-state index in [1.54, 1.807) is 0 Å². The fourth-order valence-electron chi connectivity index (χ4n) is 8.83. The zero-order valence-corrected chi connectivity index (χ0v) is 32.2. The highest BCUT2D eigenvalue weighted by atomic mass is 32.1. The molecule has 0 saturated heterocycles. The van der Waals surface area contributed by atoms with E-state index in [1.165, 1.54) is 64.7 Å². The third-order valence-corrected chi connectivity index (χ3v) is 13.0. The van der Waals surface area contributed by atoms with Crippen LogP contribution in [-0.4, -0.2) is 9.97 Å². The minimum atomic E-state index is -0.256. The summed E-state index contributed by atoms with van der Waals surface area (Å²) in [5, 5.41) is 2.62. The standard InChI is InChI=1S/C54H36N2S/c1-54(47-22-8-5-19-43(47)44-20-6-9-23-48(44)54)42-18-12-16-39(32-42)38-15-11-17-41(31-38)50-34-49(55-53(56-50)37-13-3-2-4-14-37)36-27-25-35(26-28-36)40-29-30-52-46(33-40)45-21-7-10-24-51(45)57-52/h2-34H,1H3. The maximum absolute atomic E-state index is 5.18. The quantitative estimate of drug-likeness (QED) is 0.169. The first-order valence-corrected chi connectivity index (χ1v) is 20.3. The summed E-state index contributed by atoms with van der Waals surface area (Å²) in [6.45, 7) is 2.37. The number of aromatic nitrogens is 2. The van der Waals surface area contributed by atoms with Gasteiger partial charge in [-0.3, -0.25) is 0 Å². The van der Waals surface area contributed by atoms with Crippen molar-refractivity contribution in [1.29, 1.82) is 0 Å². The second-order valence-corrected chi connectivity index (χ2v) is 16.2. The summed E-state index contributed by atoms with van der Waals surface area (Å²) < 4.78 is 2.64. The second-order valence-electron chi connectivity index (χ2n) is 15.1. The lowest BCUT2D eigenvalue weighted by Crippen LogP contribution is -2.22. The van der Waals surface area contributed by atoms with E-state index in [1.807, 2.05) is 29.5 Å². The van der Waals surface area contributed by atoms with Gasteiger partial charge in [0.1, 0.15) is 0 Å². The van der Waals surface area contributed by atoms with Crippen molar-refractivity contribution in [2.45, 2.75) is 12.3 Å². The molecule has 8 aromatic carbocycles. The molecule has 0 amide bonds. The van der Waals surface area contributed by atoms with Crippen molar-refractivity contribution >= 4 is 31.5 Å². The van der Waals surface area contributed by atoms with Gasteiger partial charge in [0.05, 0.1) is 11.4 Å². The van der Waals surface area contributed by atoms with Crippen LogP contribution in [0.25, 0.3) is 87.5 Å². The van der Waals surface area contributed by atoms with Crippen LogP contribution in [0.4, 0.5) is 0 Å². The van der Waals surface area contributed by atoms with Crippen LogP contribution in [0.1, 0.15) is 23.6 Å². The highest BCUT2D eigenvalue weighted by molar-refractivity contribution is 7.25. The van der Waals surface area contributed by atoms with Gasteiger partial charge in [-0.15, -0.1) is 11.3 Å². The molecule has 0 spiro atoms. The Labute approximate surface area is 336 Å². The van der Waals surface area contributed by atoms with Crippen molar-refractivity contribution in [3.8, 4) is 67.3 Å². The largest absolute Gasteiger partial charge is 0.228 e. The van der Waals surface area contributed by atoms with Gasteiger partial charge in [-0.2, -0.15) is 0 Å². The van der Waals surface area contributed by atoms with Crippen molar-refractivity contribution in [3.05, 3.63) is 217 Å². The molecule has 2 nitrogen and oxygen atoms in total. The molecule has 10 aromatic rings. The third-order valence-electron chi connectivity index (χ3n) is 11.8. The Morgan fingerprint density at radius 1 is 0.368 bits per heavy atom. The molecule has 0 aliphatic heterocycles. The summed E-state index contributed by atoms with van der Waals surface area (Å²) >= 11 is 1.85. The zero-order chi connectivity index (χ0) is 37.9. The van der Waals surface area contributed by atoms with Crippen LogP contribution >= 0.6 is 11.3 Å². The number of thiophene rings is 1. The molecule has 268 valence electrons. The van der Waals surface area contributed by atoms with Crippen molar-refractivity contribution in [1.82, 2.24) is 9.97 Å².